The van der Waals surface area contributed by atoms with Crippen molar-refractivity contribution in [2.24, 2.45) is 0 Å². The van der Waals surface area contributed by atoms with Crippen LogP contribution in [0.15, 0.2) is 23.5 Å². The Morgan fingerprint density at radius 3 is 2.77 bits per heavy atom. The quantitative estimate of drug-likeness (QED) is 0.861. The second-order valence-corrected chi connectivity index (χ2v) is 5.17. The minimum atomic E-state index is -0.574. The summed E-state index contributed by atoms with van der Waals surface area (Å²) in [6.45, 7) is 2.00. The van der Waals surface area contributed by atoms with E-state index in [1.165, 1.54) is 0 Å². The number of rotatable bonds is 4. The van der Waals surface area contributed by atoms with Gasteiger partial charge in [0, 0.05) is 23.6 Å². The smallest absolute Gasteiger partial charge is 0.337 e. The van der Waals surface area contributed by atoms with Gasteiger partial charge in [0.25, 0.3) is 0 Å². The Labute approximate surface area is 128 Å². The number of fused-ring (bicyclic) bond motifs is 3. The van der Waals surface area contributed by atoms with Gasteiger partial charge in [-0.05, 0) is 13.3 Å². The molecule has 0 amide bonds. The first-order chi connectivity index (χ1) is 10.6. The molecule has 2 atom stereocenters. The van der Waals surface area contributed by atoms with Crippen LogP contribution in [0, 0.1) is 0 Å². The van der Waals surface area contributed by atoms with Crippen LogP contribution in [-0.4, -0.2) is 38.0 Å². The average Bonchev–Trinajstić information content (AvgIpc) is 3.03. The molecule has 22 heavy (non-hydrogen) atoms. The number of esters is 1. The van der Waals surface area contributed by atoms with Crippen molar-refractivity contribution in [1.82, 2.24) is 0 Å². The molecule has 3 rings (SSSR count). The summed E-state index contributed by atoms with van der Waals surface area (Å²) in [6, 6.07) is 3.53. The summed E-state index contributed by atoms with van der Waals surface area (Å²) in [7, 11) is 3.13. The van der Waals surface area contributed by atoms with Crippen molar-refractivity contribution in [3.63, 3.8) is 0 Å². The minimum Gasteiger partial charge on any atom is -0.508 e. The molecule has 0 saturated heterocycles. The second-order valence-electron chi connectivity index (χ2n) is 5.17. The van der Waals surface area contributed by atoms with Crippen LogP contribution in [0.25, 0.3) is 0 Å². The zero-order valence-corrected chi connectivity index (χ0v) is 12.7. The lowest BCUT2D eigenvalue weighted by molar-refractivity contribution is -0.138. The number of hydrogen-bond donors (Lipinski definition) is 1. The van der Waals surface area contributed by atoms with Crippen molar-refractivity contribution in [2.45, 2.75) is 25.4 Å². The third kappa shape index (κ3) is 2.06. The van der Waals surface area contributed by atoms with Crippen LogP contribution < -0.4 is 14.2 Å². The zero-order valence-electron chi connectivity index (χ0n) is 12.7. The summed E-state index contributed by atoms with van der Waals surface area (Å²) >= 11 is 0. The molecule has 1 aliphatic carbocycles. The van der Waals surface area contributed by atoms with Crippen molar-refractivity contribution in [2.75, 3.05) is 20.8 Å². The van der Waals surface area contributed by atoms with E-state index in [4.69, 9.17) is 18.9 Å². The van der Waals surface area contributed by atoms with Gasteiger partial charge in [-0.15, -0.1) is 0 Å². The van der Waals surface area contributed by atoms with E-state index in [9.17, 15) is 9.90 Å². The van der Waals surface area contributed by atoms with Gasteiger partial charge in [-0.25, -0.2) is 4.79 Å². The first-order valence-corrected chi connectivity index (χ1v) is 7.12. The summed E-state index contributed by atoms with van der Waals surface area (Å²) in [6.07, 6.45) is -0.208. The summed E-state index contributed by atoms with van der Waals surface area (Å²) in [5, 5.41) is 10.3. The number of methoxy groups -OCH3 is 2. The summed E-state index contributed by atoms with van der Waals surface area (Å²) in [5.41, 5.74) is 1.12. The number of carbonyl (C=O) groups is 1. The van der Waals surface area contributed by atoms with Crippen LogP contribution in [-0.2, 0) is 9.53 Å². The number of ether oxygens (including phenoxy) is 4. The molecule has 1 aromatic carbocycles. The maximum Gasteiger partial charge on any atom is 0.337 e. The van der Waals surface area contributed by atoms with Crippen molar-refractivity contribution >= 4 is 5.97 Å². The topological polar surface area (TPSA) is 74.2 Å². The fourth-order valence-corrected chi connectivity index (χ4v) is 3.05. The van der Waals surface area contributed by atoms with Crippen molar-refractivity contribution in [1.29, 1.82) is 0 Å². The Bertz CT molecular complexity index is 648. The molecule has 1 heterocycles. The maximum atomic E-state index is 11.9. The van der Waals surface area contributed by atoms with Gasteiger partial charge in [-0.1, -0.05) is 0 Å². The van der Waals surface area contributed by atoms with Gasteiger partial charge >= 0.3 is 5.97 Å². The van der Waals surface area contributed by atoms with Crippen LogP contribution in [0.4, 0.5) is 0 Å². The highest BCUT2D eigenvalue weighted by molar-refractivity contribution is 5.90. The van der Waals surface area contributed by atoms with E-state index in [0.29, 0.717) is 23.7 Å². The Balaban J connectivity index is 1.97. The number of carbonyl (C=O) groups excluding carboxylic acids is 1. The van der Waals surface area contributed by atoms with Crippen LogP contribution in [0.2, 0.25) is 0 Å². The van der Waals surface area contributed by atoms with E-state index in [1.54, 1.807) is 33.3 Å². The average molecular weight is 306 g/mol. The van der Waals surface area contributed by atoms with Crippen LogP contribution >= 0.6 is 0 Å². The molecule has 0 saturated carbocycles. The molecule has 0 unspecified atom stereocenters. The highest BCUT2D eigenvalue weighted by Gasteiger charge is 2.47. The molecule has 1 aromatic rings. The summed E-state index contributed by atoms with van der Waals surface area (Å²) < 4.78 is 21.4. The molecule has 1 N–H and O–H groups in total. The van der Waals surface area contributed by atoms with Gasteiger partial charge in [0.05, 0.1) is 26.4 Å². The van der Waals surface area contributed by atoms with E-state index in [-0.39, 0.29) is 23.9 Å². The maximum absolute atomic E-state index is 11.9. The predicted molar refractivity (Wildman–Crippen MR) is 77.6 cm³/mol. The lowest BCUT2D eigenvalue weighted by atomic mass is 9.94. The molecule has 6 nitrogen and oxygen atoms in total. The molecule has 0 radical (unpaired) electrons. The Morgan fingerprint density at radius 2 is 2.14 bits per heavy atom. The van der Waals surface area contributed by atoms with Gasteiger partial charge in [0.2, 0.25) is 0 Å². The second kappa shape index (κ2) is 5.44. The van der Waals surface area contributed by atoms with E-state index < -0.39 is 12.1 Å². The standard InChI is InChI=1S/C16H18O6/c1-4-21-16(18)10-7-9-13-11(20-3)5-8(19-2)6-12(13)22-15(9)14(10)17/h5-6,9,15,17H,4,7H2,1-3H3/t9-,15+/m0/s1. The Hall–Kier alpha value is -2.37. The normalized spacial score (nSPS) is 22.0. The molecule has 0 fully saturated rings. The van der Waals surface area contributed by atoms with Gasteiger partial charge in [-0.3, -0.25) is 0 Å². The number of hydrogen-bond acceptors (Lipinski definition) is 6. The molecular formula is C16H18O6. The van der Waals surface area contributed by atoms with E-state index in [0.717, 1.165) is 5.56 Å². The van der Waals surface area contributed by atoms with Crippen LogP contribution in [0.5, 0.6) is 17.2 Å². The Kier molecular flexibility index (Phi) is 3.60. The number of aliphatic hydroxyl groups is 1. The van der Waals surface area contributed by atoms with E-state index >= 15 is 0 Å². The van der Waals surface area contributed by atoms with E-state index in [2.05, 4.69) is 0 Å². The molecule has 1 aliphatic heterocycles. The lowest BCUT2D eigenvalue weighted by Gasteiger charge is -2.12. The van der Waals surface area contributed by atoms with Gasteiger partial charge < -0.3 is 24.1 Å². The fourth-order valence-electron chi connectivity index (χ4n) is 3.05. The minimum absolute atomic E-state index is 0.0549. The third-order valence-corrected chi connectivity index (χ3v) is 4.05. The van der Waals surface area contributed by atoms with Crippen molar-refractivity contribution in [3.8, 4) is 17.2 Å². The van der Waals surface area contributed by atoms with Gasteiger partial charge in [0.15, 0.2) is 6.10 Å². The van der Waals surface area contributed by atoms with Crippen LogP contribution in [0.3, 0.4) is 0 Å². The first-order valence-electron chi connectivity index (χ1n) is 7.12. The highest BCUT2D eigenvalue weighted by atomic mass is 16.5. The predicted octanol–water partition coefficient (Wildman–Crippen LogP) is 2.33. The SMILES string of the molecule is CCOC(=O)C1=C(O)[C@@H]2Oc3cc(OC)cc(OC)c3[C@@H]2C1. The third-order valence-electron chi connectivity index (χ3n) is 4.05. The monoisotopic (exact) mass is 306 g/mol. The fraction of sp³-hybridized carbons (Fsp3) is 0.438. The van der Waals surface area contributed by atoms with Gasteiger partial charge in [0.1, 0.15) is 23.0 Å². The first kappa shape index (κ1) is 14.6. The summed E-state index contributed by atoms with van der Waals surface area (Å²) in [4.78, 5) is 11.9. The van der Waals surface area contributed by atoms with Gasteiger partial charge in [-0.2, -0.15) is 0 Å². The number of aliphatic hydroxyl groups excluding tert-OH is 1. The zero-order chi connectivity index (χ0) is 15.9. The largest absolute Gasteiger partial charge is 0.508 e. The van der Waals surface area contributed by atoms with Crippen LogP contribution in [0.1, 0.15) is 24.8 Å². The molecule has 118 valence electrons. The van der Waals surface area contributed by atoms with Crippen molar-refractivity contribution in [3.05, 3.63) is 29.0 Å². The lowest BCUT2D eigenvalue weighted by Crippen LogP contribution is -2.16. The molecule has 0 aromatic heterocycles. The van der Waals surface area contributed by atoms with Crippen molar-refractivity contribution < 1.29 is 28.8 Å². The highest BCUT2D eigenvalue weighted by Crippen LogP contribution is 2.53. The molecular weight excluding hydrogens is 288 g/mol. The Morgan fingerprint density at radius 1 is 1.36 bits per heavy atom. The molecule has 0 bridgehead atoms. The molecule has 2 aliphatic rings. The van der Waals surface area contributed by atoms with E-state index in [1.807, 2.05) is 0 Å². The summed E-state index contributed by atoms with van der Waals surface area (Å²) in [5.74, 6) is 1.15. The molecule has 0 spiro atoms. The number of benzene rings is 1. The molecule has 6 heteroatoms.